The summed E-state index contributed by atoms with van der Waals surface area (Å²) in [5.41, 5.74) is 6.11. The van der Waals surface area contributed by atoms with E-state index in [1.165, 1.54) is 57.8 Å². The van der Waals surface area contributed by atoms with Crippen molar-refractivity contribution in [2.45, 2.75) is 83.7 Å². The van der Waals surface area contributed by atoms with Crippen LogP contribution in [0.15, 0.2) is 0 Å². The lowest BCUT2D eigenvalue weighted by Gasteiger charge is -2.61. The molecule has 2 nitrogen and oxygen atoms in total. The standard InChI is InChI=1S/C20H35NO/c1-18-10-4-3-5-14(18)6-7-15-16(18)8-11-19(2)17(15)9-12-20(19,22)13-21/h14-17,22H,3-13,21H2,1-2H3/t14-,15-,16+,17-,18+,19+,20-/m1/s1. The van der Waals surface area contributed by atoms with Gasteiger partial charge in [0.15, 0.2) is 0 Å². The van der Waals surface area contributed by atoms with Crippen molar-refractivity contribution in [3.63, 3.8) is 0 Å². The number of fused-ring (bicyclic) bond motifs is 5. The molecule has 0 saturated heterocycles. The van der Waals surface area contributed by atoms with Crippen LogP contribution in [-0.2, 0) is 0 Å². The summed E-state index contributed by atoms with van der Waals surface area (Å²) < 4.78 is 0. The third kappa shape index (κ3) is 1.80. The second-order valence-electron chi connectivity index (χ2n) is 9.63. The highest BCUT2D eigenvalue weighted by atomic mass is 16.3. The molecule has 0 unspecified atom stereocenters. The fourth-order valence-electron chi connectivity index (χ4n) is 7.74. The fourth-order valence-corrected chi connectivity index (χ4v) is 7.74. The summed E-state index contributed by atoms with van der Waals surface area (Å²) in [5.74, 6) is 3.49. The van der Waals surface area contributed by atoms with Crippen molar-refractivity contribution in [3.05, 3.63) is 0 Å². The molecule has 0 aromatic carbocycles. The maximum atomic E-state index is 11.1. The Labute approximate surface area is 136 Å². The molecule has 2 heteroatoms. The molecule has 4 saturated carbocycles. The summed E-state index contributed by atoms with van der Waals surface area (Å²) in [6.07, 6.45) is 13.4. The van der Waals surface area contributed by atoms with Gasteiger partial charge in [-0.25, -0.2) is 0 Å². The van der Waals surface area contributed by atoms with E-state index in [1.54, 1.807) is 0 Å². The molecule has 0 aliphatic heterocycles. The number of nitrogens with two attached hydrogens (primary N) is 1. The smallest absolute Gasteiger partial charge is 0.0825 e. The third-order valence-electron chi connectivity index (χ3n) is 9.24. The van der Waals surface area contributed by atoms with Crippen molar-refractivity contribution in [1.82, 2.24) is 0 Å². The molecule has 22 heavy (non-hydrogen) atoms. The van der Waals surface area contributed by atoms with Crippen LogP contribution in [-0.4, -0.2) is 17.3 Å². The number of hydrogen-bond donors (Lipinski definition) is 2. The van der Waals surface area contributed by atoms with Crippen LogP contribution in [0.3, 0.4) is 0 Å². The van der Waals surface area contributed by atoms with Crippen molar-refractivity contribution in [1.29, 1.82) is 0 Å². The summed E-state index contributed by atoms with van der Waals surface area (Å²) in [4.78, 5) is 0. The molecule has 4 aliphatic rings. The Kier molecular flexibility index (Phi) is 3.48. The molecule has 3 N–H and O–H groups in total. The van der Waals surface area contributed by atoms with Gasteiger partial charge < -0.3 is 10.8 Å². The first-order valence-electron chi connectivity index (χ1n) is 9.87. The summed E-state index contributed by atoms with van der Waals surface area (Å²) in [6, 6.07) is 0. The van der Waals surface area contributed by atoms with E-state index in [0.29, 0.717) is 12.0 Å². The van der Waals surface area contributed by atoms with Gasteiger partial charge in [0.25, 0.3) is 0 Å². The van der Waals surface area contributed by atoms with Gasteiger partial charge in [0.1, 0.15) is 0 Å². The molecule has 126 valence electrons. The maximum Gasteiger partial charge on any atom is 0.0825 e. The average molecular weight is 306 g/mol. The van der Waals surface area contributed by atoms with Gasteiger partial charge in [-0.3, -0.25) is 0 Å². The van der Waals surface area contributed by atoms with Crippen LogP contribution < -0.4 is 5.73 Å². The Morgan fingerprint density at radius 2 is 1.68 bits per heavy atom. The molecular weight excluding hydrogens is 270 g/mol. The van der Waals surface area contributed by atoms with Gasteiger partial charge in [-0.1, -0.05) is 26.7 Å². The summed E-state index contributed by atoms with van der Waals surface area (Å²) >= 11 is 0. The third-order valence-corrected chi connectivity index (χ3v) is 9.24. The zero-order valence-corrected chi connectivity index (χ0v) is 14.6. The molecule has 0 radical (unpaired) electrons. The van der Waals surface area contributed by atoms with Crippen LogP contribution >= 0.6 is 0 Å². The zero-order valence-electron chi connectivity index (χ0n) is 14.6. The van der Waals surface area contributed by atoms with E-state index in [-0.39, 0.29) is 5.41 Å². The van der Waals surface area contributed by atoms with Crippen molar-refractivity contribution < 1.29 is 5.11 Å². The van der Waals surface area contributed by atoms with E-state index in [4.69, 9.17) is 5.73 Å². The highest BCUT2D eigenvalue weighted by molar-refractivity contribution is 5.14. The summed E-state index contributed by atoms with van der Waals surface area (Å²) in [5, 5.41) is 11.1. The van der Waals surface area contributed by atoms with Crippen molar-refractivity contribution in [3.8, 4) is 0 Å². The highest BCUT2D eigenvalue weighted by Gasteiger charge is 2.63. The van der Waals surface area contributed by atoms with Crippen molar-refractivity contribution >= 4 is 0 Å². The Bertz CT molecular complexity index is 449. The van der Waals surface area contributed by atoms with Crippen molar-refractivity contribution in [2.75, 3.05) is 6.54 Å². The van der Waals surface area contributed by atoms with Gasteiger partial charge >= 0.3 is 0 Å². The SMILES string of the molecule is C[C@]12CCCC[C@@H]1CC[C@H]1[C@H]3CC[C@@](O)(CN)[C@@]3(C)CC[C@@H]12. The van der Waals surface area contributed by atoms with Gasteiger partial charge in [-0.05, 0) is 80.5 Å². The first-order chi connectivity index (χ1) is 10.4. The first kappa shape index (κ1) is 15.4. The Morgan fingerprint density at radius 3 is 2.45 bits per heavy atom. The van der Waals surface area contributed by atoms with E-state index < -0.39 is 5.60 Å². The molecule has 0 bridgehead atoms. The predicted molar refractivity (Wildman–Crippen MR) is 90.3 cm³/mol. The van der Waals surface area contributed by atoms with Crippen LogP contribution in [0.4, 0.5) is 0 Å². The summed E-state index contributed by atoms with van der Waals surface area (Å²) in [7, 11) is 0. The molecule has 0 spiro atoms. The van der Waals surface area contributed by atoms with E-state index in [9.17, 15) is 5.11 Å². The van der Waals surface area contributed by atoms with Gasteiger partial charge in [-0.2, -0.15) is 0 Å². The topological polar surface area (TPSA) is 46.2 Å². The molecule has 4 rings (SSSR count). The van der Waals surface area contributed by atoms with E-state index in [1.807, 2.05) is 0 Å². The van der Waals surface area contributed by atoms with Crippen LogP contribution in [0.1, 0.15) is 78.1 Å². The number of hydrogen-bond acceptors (Lipinski definition) is 2. The lowest BCUT2D eigenvalue weighted by Crippen LogP contribution is -2.58. The zero-order chi connectivity index (χ0) is 15.6. The second-order valence-corrected chi connectivity index (χ2v) is 9.63. The quantitative estimate of drug-likeness (QED) is 0.766. The highest BCUT2D eigenvalue weighted by Crippen LogP contribution is 2.68. The largest absolute Gasteiger partial charge is 0.388 e. The lowest BCUT2D eigenvalue weighted by atomic mass is 9.44. The van der Waals surface area contributed by atoms with E-state index >= 15 is 0 Å². The first-order valence-corrected chi connectivity index (χ1v) is 9.87. The monoisotopic (exact) mass is 305 g/mol. The Hall–Kier alpha value is -0.0800. The molecule has 4 aliphatic carbocycles. The fraction of sp³-hybridized carbons (Fsp3) is 1.00. The average Bonchev–Trinajstić information content (AvgIpc) is 2.79. The van der Waals surface area contributed by atoms with Crippen LogP contribution in [0.2, 0.25) is 0 Å². The Balaban J connectivity index is 1.65. The molecule has 0 amide bonds. The molecule has 0 aromatic rings. The maximum absolute atomic E-state index is 11.1. The summed E-state index contributed by atoms with van der Waals surface area (Å²) in [6.45, 7) is 5.45. The van der Waals surface area contributed by atoms with Crippen LogP contribution in [0.5, 0.6) is 0 Å². The van der Waals surface area contributed by atoms with Crippen LogP contribution in [0, 0.1) is 34.5 Å². The number of aliphatic hydroxyl groups is 1. The molecular formula is C20H35NO. The van der Waals surface area contributed by atoms with E-state index in [2.05, 4.69) is 13.8 Å². The Morgan fingerprint density at radius 1 is 0.909 bits per heavy atom. The predicted octanol–water partition coefficient (Wildman–Crippen LogP) is 4.11. The molecule has 0 heterocycles. The van der Waals surface area contributed by atoms with Gasteiger partial charge in [0.2, 0.25) is 0 Å². The molecule has 7 atom stereocenters. The molecule has 0 aromatic heterocycles. The second kappa shape index (κ2) is 4.96. The molecule has 4 fully saturated rings. The van der Waals surface area contributed by atoms with Gasteiger partial charge in [0, 0.05) is 12.0 Å². The minimum atomic E-state index is -0.590. The number of rotatable bonds is 1. The minimum Gasteiger partial charge on any atom is -0.388 e. The van der Waals surface area contributed by atoms with Crippen molar-refractivity contribution in [2.24, 2.45) is 40.2 Å². The lowest BCUT2D eigenvalue weighted by molar-refractivity contribution is -0.148. The normalized spacial score (nSPS) is 57.8. The van der Waals surface area contributed by atoms with E-state index in [0.717, 1.165) is 30.1 Å². The van der Waals surface area contributed by atoms with Gasteiger partial charge in [-0.15, -0.1) is 0 Å². The van der Waals surface area contributed by atoms with Crippen LogP contribution in [0.25, 0.3) is 0 Å². The minimum absolute atomic E-state index is 0.0841. The van der Waals surface area contributed by atoms with Gasteiger partial charge in [0.05, 0.1) is 5.60 Å².